The highest BCUT2D eigenvalue weighted by Gasteiger charge is 2.61. The van der Waals surface area contributed by atoms with Gasteiger partial charge in [0.25, 0.3) is 15.9 Å². The third-order valence-corrected chi connectivity index (χ3v) is 11.5. The summed E-state index contributed by atoms with van der Waals surface area (Å²) < 4.78 is 94.0. The lowest BCUT2D eigenvalue weighted by Crippen LogP contribution is -2.55. The fourth-order valence-electron chi connectivity index (χ4n) is 7.04. The van der Waals surface area contributed by atoms with Crippen LogP contribution in [0.3, 0.4) is 0 Å². The number of rotatable bonds is 8. The number of carbonyl (C=O) groups is 2. The maximum absolute atomic E-state index is 15.0. The van der Waals surface area contributed by atoms with Crippen molar-refractivity contribution in [3.05, 3.63) is 77.4 Å². The zero-order valence-electron chi connectivity index (χ0n) is 28.6. The first-order valence-electron chi connectivity index (χ1n) is 16.3. The molecular weight excluding hydrogens is 693 g/mol. The summed E-state index contributed by atoms with van der Waals surface area (Å²) in [6, 6.07) is 12.3. The number of fused-ring (bicyclic) bond motifs is 1. The summed E-state index contributed by atoms with van der Waals surface area (Å²) in [5, 5.41) is 0. The summed E-state index contributed by atoms with van der Waals surface area (Å²) >= 11 is 0. The molecule has 2 saturated heterocycles. The van der Waals surface area contributed by atoms with Crippen molar-refractivity contribution < 1.29 is 50.1 Å². The van der Waals surface area contributed by atoms with E-state index in [1.165, 1.54) is 56.6 Å². The van der Waals surface area contributed by atoms with E-state index in [9.17, 15) is 31.2 Å². The summed E-state index contributed by atoms with van der Waals surface area (Å²) in [5.74, 6) is -1.30. The van der Waals surface area contributed by atoms with E-state index in [1.54, 1.807) is 6.07 Å². The van der Waals surface area contributed by atoms with Crippen LogP contribution in [0.2, 0.25) is 0 Å². The lowest BCUT2D eigenvalue weighted by atomic mass is 9.86. The Kier molecular flexibility index (Phi) is 9.87. The quantitative estimate of drug-likeness (QED) is 0.327. The summed E-state index contributed by atoms with van der Waals surface area (Å²) in [7, 11) is 0.900. The van der Waals surface area contributed by atoms with Gasteiger partial charge in [0.1, 0.15) is 22.1 Å². The van der Waals surface area contributed by atoms with Gasteiger partial charge in [0, 0.05) is 43.9 Å². The van der Waals surface area contributed by atoms with E-state index >= 15 is 0 Å². The number of piperazine rings is 1. The van der Waals surface area contributed by atoms with Gasteiger partial charge in [0.05, 0.1) is 38.1 Å². The van der Waals surface area contributed by atoms with Gasteiger partial charge in [-0.05, 0) is 63.3 Å². The van der Waals surface area contributed by atoms with Crippen molar-refractivity contribution in [1.82, 2.24) is 14.7 Å². The molecule has 1 atom stereocenters. The third kappa shape index (κ3) is 6.44. The molecule has 51 heavy (non-hydrogen) atoms. The molecule has 3 aromatic rings. The number of ether oxygens (including phenoxy) is 4. The molecule has 0 bridgehead atoms. The zero-order chi connectivity index (χ0) is 36.7. The van der Waals surface area contributed by atoms with Crippen LogP contribution < -0.4 is 18.5 Å². The van der Waals surface area contributed by atoms with Gasteiger partial charge < -0.3 is 28.7 Å². The number of halogens is 3. The molecule has 0 N–H and O–H groups in total. The van der Waals surface area contributed by atoms with Crippen LogP contribution in [-0.2, 0) is 31.3 Å². The van der Waals surface area contributed by atoms with Crippen molar-refractivity contribution in [2.75, 3.05) is 72.0 Å². The van der Waals surface area contributed by atoms with E-state index in [-0.39, 0.29) is 45.8 Å². The highest BCUT2D eigenvalue weighted by molar-refractivity contribution is 7.93. The number of anilines is 1. The number of likely N-dealkylation sites (tertiary alicyclic amines) is 1. The molecule has 3 heterocycles. The molecule has 3 aromatic carbocycles. The van der Waals surface area contributed by atoms with Crippen LogP contribution in [0.4, 0.5) is 23.7 Å². The fourth-order valence-corrected chi connectivity index (χ4v) is 8.63. The number of alkyl halides is 3. The number of para-hydroxylation sites is 1. The SMILES string of the molecule is COc1ccc(S(=O)(=O)N2C(=O)C(OC(=O)N3CCN(C4CCN(C)CC4)CC3)(c3ccccc3OC)c3ccc(C(F)(F)F)cc32)c(OC)c1. The fraction of sp³-hybridized carbons (Fsp3) is 0.429. The van der Waals surface area contributed by atoms with Gasteiger partial charge in [0.15, 0.2) is 0 Å². The topological polar surface area (TPSA) is 118 Å². The maximum Gasteiger partial charge on any atom is 0.416 e. The Morgan fingerprint density at radius 1 is 0.824 bits per heavy atom. The Bertz CT molecular complexity index is 1910. The van der Waals surface area contributed by atoms with Crippen molar-refractivity contribution in [2.24, 2.45) is 0 Å². The lowest BCUT2D eigenvalue weighted by molar-refractivity contribution is -0.137. The van der Waals surface area contributed by atoms with E-state index in [2.05, 4.69) is 16.8 Å². The number of hydrogen-bond donors (Lipinski definition) is 0. The average molecular weight is 733 g/mol. The zero-order valence-corrected chi connectivity index (χ0v) is 29.4. The highest BCUT2D eigenvalue weighted by atomic mass is 32.2. The molecule has 1 unspecified atom stereocenters. The normalized spacial score (nSPS) is 20.6. The Hall–Kier alpha value is -4.54. The molecule has 0 spiro atoms. The maximum atomic E-state index is 15.0. The van der Waals surface area contributed by atoms with Gasteiger partial charge in [-0.3, -0.25) is 9.69 Å². The van der Waals surface area contributed by atoms with E-state index in [1.807, 2.05) is 0 Å². The predicted molar refractivity (Wildman–Crippen MR) is 180 cm³/mol. The Labute approximate surface area is 294 Å². The number of carbonyl (C=O) groups excluding carboxylic acids is 2. The number of methoxy groups -OCH3 is 3. The van der Waals surface area contributed by atoms with Crippen LogP contribution in [0.1, 0.15) is 29.5 Å². The monoisotopic (exact) mass is 732 g/mol. The van der Waals surface area contributed by atoms with E-state index < -0.39 is 49.9 Å². The molecule has 0 aromatic heterocycles. The minimum atomic E-state index is -5.03. The molecule has 3 aliphatic rings. The molecule has 2 amide bonds. The minimum Gasteiger partial charge on any atom is -0.497 e. The molecule has 12 nitrogen and oxygen atoms in total. The second-order valence-electron chi connectivity index (χ2n) is 12.6. The molecule has 2 fully saturated rings. The van der Waals surface area contributed by atoms with Crippen LogP contribution >= 0.6 is 0 Å². The Morgan fingerprint density at radius 3 is 2.12 bits per heavy atom. The summed E-state index contributed by atoms with van der Waals surface area (Å²) in [6.07, 6.45) is -3.87. The molecular formula is C35H39F3N4O8S. The number of nitrogens with zero attached hydrogens (tertiary/aromatic N) is 4. The van der Waals surface area contributed by atoms with Crippen molar-refractivity contribution >= 4 is 27.7 Å². The summed E-state index contributed by atoms with van der Waals surface area (Å²) in [6.45, 7) is 3.53. The van der Waals surface area contributed by atoms with E-state index in [0.717, 1.165) is 38.1 Å². The number of benzene rings is 3. The summed E-state index contributed by atoms with van der Waals surface area (Å²) in [5.41, 5.74) is -4.79. The number of piperidine rings is 1. The van der Waals surface area contributed by atoms with Gasteiger partial charge >= 0.3 is 12.3 Å². The van der Waals surface area contributed by atoms with Crippen LogP contribution in [-0.4, -0.2) is 109 Å². The first-order chi connectivity index (χ1) is 24.3. The van der Waals surface area contributed by atoms with E-state index in [0.29, 0.717) is 31.3 Å². The Morgan fingerprint density at radius 2 is 1.49 bits per heavy atom. The smallest absolute Gasteiger partial charge is 0.416 e. The second-order valence-corrected chi connectivity index (χ2v) is 14.4. The molecule has 6 rings (SSSR count). The molecule has 274 valence electrons. The molecule has 3 aliphatic heterocycles. The third-order valence-electron chi connectivity index (χ3n) is 9.80. The van der Waals surface area contributed by atoms with Crippen molar-refractivity contribution in [3.63, 3.8) is 0 Å². The molecule has 0 aliphatic carbocycles. The van der Waals surface area contributed by atoms with Crippen molar-refractivity contribution in [3.8, 4) is 17.2 Å². The summed E-state index contributed by atoms with van der Waals surface area (Å²) in [4.78, 5) is 34.6. The minimum absolute atomic E-state index is 0.0397. The number of amides is 2. The Balaban J connectivity index is 1.47. The van der Waals surface area contributed by atoms with Gasteiger partial charge in [0.2, 0.25) is 5.60 Å². The molecule has 0 saturated carbocycles. The van der Waals surface area contributed by atoms with Crippen molar-refractivity contribution in [2.45, 2.75) is 35.6 Å². The largest absolute Gasteiger partial charge is 0.497 e. The second kappa shape index (κ2) is 13.9. The van der Waals surface area contributed by atoms with Crippen LogP contribution in [0.15, 0.2) is 65.6 Å². The van der Waals surface area contributed by atoms with Gasteiger partial charge in [-0.25, -0.2) is 13.2 Å². The van der Waals surface area contributed by atoms with Gasteiger partial charge in [-0.2, -0.15) is 17.5 Å². The van der Waals surface area contributed by atoms with Crippen LogP contribution in [0, 0.1) is 0 Å². The number of hydrogen-bond acceptors (Lipinski definition) is 10. The lowest BCUT2D eigenvalue weighted by Gasteiger charge is -2.42. The standard InChI is InChI=1S/C35H39F3N4O8S/c1-39-15-13-24(14-16-39)40-17-19-41(20-18-40)33(44)50-34(27-7-5-6-8-29(27)48-3)26-11-9-23(35(36,37)38)21-28(26)42(32(34)43)51(45,46)31-12-10-25(47-2)22-30(31)49-4/h5-12,21-22,24H,13-20H2,1-4H3. The predicted octanol–water partition coefficient (Wildman–Crippen LogP) is 4.56. The average Bonchev–Trinajstić information content (AvgIpc) is 3.38. The molecule has 0 radical (unpaired) electrons. The molecule has 16 heteroatoms. The van der Waals surface area contributed by atoms with Crippen molar-refractivity contribution in [1.29, 1.82) is 0 Å². The number of sulfonamides is 1. The van der Waals surface area contributed by atoms with Gasteiger partial charge in [-0.15, -0.1) is 0 Å². The van der Waals surface area contributed by atoms with Crippen LogP contribution in [0.25, 0.3) is 0 Å². The van der Waals surface area contributed by atoms with E-state index in [4.69, 9.17) is 18.9 Å². The first kappa shape index (κ1) is 36.3. The first-order valence-corrected chi connectivity index (χ1v) is 17.8. The van der Waals surface area contributed by atoms with Crippen LogP contribution in [0.5, 0.6) is 17.2 Å². The highest BCUT2D eigenvalue weighted by Crippen LogP contribution is 2.53. The van der Waals surface area contributed by atoms with Gasteiger partial charge in [-0.1, -0.05) is 24.3 Å².